The molecule has 35 heteroatoms. The van der Waals surface area contributed by atoms with Gasteiger partial charge in [0.25, 0.3) is 22.7 Å². The number of nitrogen functional groups attached to an aromatic ring is 2. The summed E-state index contributed by atoms with van der Waals surface area (Å²) in [7, 11) is 16.0. The number of alkyl halides is 6. The summed E-state index contributed by atoms with van der Waals surface area (Å²) >= 11 is 25.1. The molecule has 101 heavy (non-hydrogen) atoms. The molecule has 0 aromatic heterocycles. The summed E-state index contributed by atoms with van der Waals surface area (Å²) in [5.41, 5.74) is 17.4. The van der Waals surface area contributed by atoms with Gasteiger partial charge < -0.3 is 65.0 Å². The molecule has 0 aliphatic carbocycles. The first-order valence-corrected chi connectivity index (χ1v) is 58.4. The maximum absolute atomic E-state index is 10.0. The van der Waals surface area contributed by atoms with Gasteiger partial charge in [-0.05, 0) is 36.2 Å². The first kappa shape index (κ1) is 166. The molecule has 595 valence electrons. The standard InChI is InChI=1S/4C6H5NO2.2C6H7N.2C2H6N.2C2H6O.8C2H6.CHI3.CH2I2.CH3I.CH2I.CH5N.CH4O.I3.I2.2Rf.V/c4*8-7(9)6-4-2-1-3-5-6;2*7-6-4-2-1-3-5-6;4*1-3-2;8*1-2;2-1(3)4;2-1-3;4*1-2;1-3-2;1-2;;;/h4*1-5H;2*1-5H,7H2;4*1-2H3;8*1-2H3;1H;1H2;1H3;1H2;2H2,1H3;2H,1H3;;;;;/q;;;;;;2*-1;;;;;;;;;;;;;;-1;;;-1;;;;. The molecular weight excluding hydrogens is 3200 g/mol. The number of nitro benzene ring substituents is 4. The Balaban J connectivity index is -0.0000000306. The van der Waals surface area contributed by atoms with E-state index >= 15 is 0 Å². The van der Waals surface area contributed by atoms with Crippen LogP contribution in [0.4, 0.5) is 34.1 Å². The summed E-state index contributed by atoms with van der Waals surface area (Å²) in [6, 6.07) is 50.7. The fourth-order valence-electron chi connectivity index (χ4n) is 3.10. The van der Waals surface area contributed by atoms with Gasteiger partial charge in [0, 0.05) is 151 Å². The van der Waals surface area contributed by atoms with Crippen LogP contribution < -0.4 is 30.5 Å². The molecule has 1 radical (unpaired) electrons. The Morgan fingerprint density at radius 2 is 0.475 bits per heavy atom. The number of hydrogen-bond acceptors (Lipinski definition) is 14. The number of aliphatic hydroxyl groups is 1. The Kier molecular flexibility index (Phi) is 338. The zero-order valence-electron chi connectivity index (χ0n) is 64.7. The number of rotatable bonds is 4. The minimum atomic E-state index is -0.417. The van der Waals surface area contributed by atoms with Crippen LogP contribution in [0.5, 0.6) is 0 Å². The summed E-state index contributed by atoms with van der Waals surface area (Å²) in [4.78, 5) is 43.5. The number of hydrogen-bond donors (Lipinski definition) is 4. The van der Waals surface area contributed by atoms with Crippen LogP contribution in [0.15, 0.2) is 182 Å². The number of nitrogens with two attached hydrogens (primary N) is 3. The van der Waals surface area contributed by atoms with Crippen LogP contribution in [0.25, 0.3) is 10.6 Å². The Labute approximate surface area is 764 Å². The maximum Gasteiger partial charge on any atom is 0.269 e. The number of halogens is 12. The average Bonchev–Trinajstić information content (AvgIpc) is 1.10. The largest absolute Gasteiger partial charge is 0.399 e. The molecule has 6 rings (SSSR count). The normalized spacial score (nSPS) is 6.59. The first-order valence-electron chi connectivity index (χ1n) is 29.1. The van der Waals surface area contributed by atoms with Crippen molar-refractivity contribution in [2.24, 2.45) is 5.73 Å². The summed E-state index contributed by atoms with van der Waals surface area (Å²) in [5.74, 6) is 0. The van der Waals surface area contributed by atoms with E-state index in [4.69, 9.17) is 16.6 Å². The number of anilines is 2. The molecule has 0 saturated heterocycles. The number of nitro groups is 4. The van der Waals surface area contributed by atoms with Crippen molar-refractivity contribution >= 4 is 267 Å². The average molecular weight is 3330 g/mol. The van der Waals surface area contributed by atoms with Gasteiger partial charge in [-0.15, -0.1) is 0 Å². The molecule has 0 atom stereocenters. The van der Waals surface area contributed by atoms with E-state index in [9.17, 15) is 40.5 Å². The summed E-state index contributed by atoms with van der Waals surface area (Å²) in [6.45, 7) is 32.0. The molecule has 0 heterocycles. The van der Waals surface area contributed by atoms with Crippen molar-refractivity contribution < 1.29 is 66.1 Å². The molecule has 6 aromatic carbocycles. The van der Waals surface area contributed by atoms with Crippen LogP contribution in [-0.2, 0) is 28.0 Å². The van der Waals surface area contributed by atoms with Gasteiger partial charge in [0.15, 0.2) is 0 Å². The number of methoxy groups -OCH3 is 2. The Morgan fingerprint density at radius 3 is 0.515 bits per heavy atom. The number of ether oxygens (including phenoxy) is 2. The molecule has 0 fully saturated rings. The van der Waals surface area contributed by atoms with Gasteiger partial charge in [0.05, 0.1) is 22.1 Å². The predicted octanol–water partition coefficient (Wildman–Crippen LogP) is 25.3. The van der Waals surface area contributed by atoms with Crippen molar-refractivity contribution in [2.45, 2.75) is 111 Å². The van der Waals surface area contributed by atoms with Gasteiger partial charge in [-0.25, -0.2) is 0 Å². The van der Waals surface area contributed by atoms with E-state index in [1.807, 2.05) is 199 Å². The molecule has 7 N–H and O–H groups in total. The van der Waals surface area contributed by atoms with Gasteiger partial charge in [0.1, 0.15) is -0.0619 Å². The molecule has 0 unspecified atom stereocenters. The molecule has 0 saturated carbocycles. The molecule has 20 nitrogen and oxygen atoms in total. The van der Waals surface area contributed by atoms with E-state index in [2.05, 4.69) is 241 Å². The van der Waals surface area contributed by atoms with Crippen LogP contribution in [0.2, 0.25) is 0 Å². The van der Waals surface area contributed by atoms with Crippen molar-refractivity contribution in [1.82, 2.24) is 0 Å². The van der Waals surface area contributed by atoms with E-state index in [1.54, 1.807) is 129 Å². The molecule has 0 amide bonds. The van der Waals surface area contributed by atoms with Gasteiger partial charge in [-0.1, -0.05) is 356 Å². The third kappa shape index (κ3) is 235. The number of nitrogens with zero attached hydrogens (tertiary/aromatic N) is 6. The molecule has 0 aliphatic rings. The zero-order valence-corrected chi connectivity index (χ0v) is 105. The van der Waals surface area contributed by atoms with Crippen molar-refractivity contribution in [3.8, 4) is 0 Å². The molecule has 0 bridgehead atoms. The monoisotopic (exact) mass is 3330 g/mol. The van der Waals surface area contributed by atoms with Crippen molar-refractivity contribution in [1.29, 1.82) is 0 Å². The number of non-ortho nitro benzene ring substituents is 4. The van der Waals surface area contributed by atoms with Crippen LogP contribution in [0.3, 0.4) is 0 Å². The number of benzene rings is 6. The van der Waals surface area contributed by atoms with Crippen LogP contribution in [0, 0.1) is 45.4 Å². The summed E-state index contributed by atoms with van der Waals surface area (Å²) in [5, 5.41) is 54.0. The van der Waals surface area contributed by atoms with E-state index in [0.717, 1.165) is 18.4 Å². The van der Waals surface area contributed by atoms with E-state index in [-0.39, 0.29) is 41.3 Å². The van der Waals surface area contributed by atoms with Gasteiger partial charge >= 0.3 is 50.5 Å². The van der Waals surface area contributed by atoms with Crippen LogP contribution in [-0.4, -0.2) is 103 Å². The van der Waals surface area contributed by atoms with E-state index in [0.29, 0.717) is 13.3 Å². The maximum atomic E-state index is 10.0. The first-order chi connectivity index (χ1) is 47.2. The van der Waals surface area contributed by atoms with Gasteiger partial charge in [0.2, 0.25) is 0 Å². The molecule has 0 spiro atoms. The van der Waals surface area contributed by atoms with Crippen molar-refractivity contribution in [2.75, 3.05) is 89.6 Å². The minimum Gasteiger partial charge on any atom is -0.399 e. The number of aliphatic hydroxyl groups excluding tert-OH is 1. The Morgan fingerprint density at radius 1 is 0.406 bits per heavy atom. The van der Waals surface area contributed by atoms with Crippen molar-refractivity contribution in [3.05, 3.63) is 238 Å². The van der Waals surface area contributed by atoms with E-state index in [1.165, 1.54) is 58.0 Å². The zero-order chi connectivity index (χ0) is 82.8. The Hall–Kier alpha value is -0.376. The van der Waals surface area contributed by atoms with Crippen LogP contribution >= 0.6 is 233 Å². The van der Waals surface area contributed by atoms with Gasteiger partial charge in [-0.2, -0.15) is 28.2 Å². The molecule has 6 aromatic rings. The summed E-state index contributed by atoms with van der Waals surface area (Å²) < 4.78 is 10.4. The fourth-order valence-corrected chi connectivity index (χ4v) is 3.10. The quantitative estimate of drug-likeness (QED) is 0.0318. The Bertz CT molecular complexity index is 1810. The second-order valence-corrected chi connectivity index (χ2v) is 42.9. The molecule has 0 aliphatic heterocycles. The SMILES string of the molecule is CC.CC.CC.CC.CC.CC.CC.CC.CI.CN.CO.COC.COC.C[N-]C.C[N-]C.IC(I)I.ICI.II.I[I-]I.Nc1ccccc1.Nc1ccccc1.O=[N+]([O-])c1ccccc1.O=[N+]([O-])c1ccccc1.O=[N+]([O-])c1ccccc1.O=[N+]([O-])c1ccccc1.[CH2-]I.[Rf].[Rf].[V]. The third-order valence-electron chi connectivity index (χ3n) is 5.47. The second kappa shape index (κ2) is 206. The minimum absolute atomic E-state index is 0. The van der Waals surface area contributed by atoms with E-state index < -0.39 is 19.7 Å². The predicted molar refractivity (Wildman–Crippen MR) is 534 cm³/mol. The second-order valence-electron chi connectivity index (χ2n) is 11.3. The summed E-state index contributed by atoms with van der Waals surface area (Å²) in [6.07, 6.45) is 0. The fraction of sp³-hybridized carbons (Fsp3) is 0.439. The van der Waals surface area contributed by atoms with Crippen LogP contribution in [0.1, 0.15) is 111 Å². The third-order valence-corrected chi connectivity index (χ3v) is 5.47. The smallest absolute Gasteiger partial charge is 0.269 e. The topological polar surface area (TPSA) is 318 Å². The van der Waals surface area contributed by atoms with Crippen molar-refractivity contribution in [3.63, 3.8) is 0 Å². The van der Waals surface area contributed by atoms with Gasteiger partial charge in [-0.3, -0.25) is 45.4 Å². The number of para-hydroxylation sites is 6. The molecular formula is C66H123I12N9O11Rf2V-4.